The first-order chi connectivity index (χ1) is 14.7. The van der Waals surface area contributed by atoms with E-state index in [1.807, 2.05) is 57.2 Å². The molecule has 1 aliphatic heterocycles. The molecule has 1 aliphatic rings. The Morgan fingerprint density at radius 1 is 1.10 bits per heavy atom. The van der Waals surface area contributed by atoms with Crippen LogP contribution in [0.3, 0.4) is 0 Å². The predicted molar refractivity (Wildman–Crippen MR) is 126 cm³/mol. The smallest absolute Gasteiger partial charge is 0.243 e. The fourth-order valence-electron chi connectivity index (χ4n) is 4.46. The van der Waals surface area contributed by atoms with E-state index in [1.54, 1.807) is 0 Å². The van der Waals surface area contributed by atoms with Crippen LogP contribution < -0.4 is 5.32 Å². The summed E-state index contributed by atoms with van der Waals surface area (Å²) >= 11 is 0. The number of amides is 1. The normalized spacial score (nSPS) is 17.5. The molecule has 31 heavy (non-hydrogen) atoms. The van der Waals surface area contributed by atoms with Gasteiger partial charge in [-0.3, -0.25) is 4.79 Å². The highest BCUT2D eigenvalue weighted by molar-refractivity contribution is 7.89. The number of aryl methyl sites for hydroxylation is 4. The maximum absolute atomic E-state index is 13.4. The van der Waals surface area contributed by atoms with Crippen molar-refractivity contribution < 1.29 is 13.2 Å². The molecule has 0 radical (unpaired) electrons. The zero-order chi connectivity index (χ0) is 22.6. The molecule has 0 bridgehead atoms. The minimum absolute atomic E-state index is 0.112. The van der Waals surface area contributed by atoms with Gasteiger partial charge in [-0.15, -0.1) is 0 Å². The van der Waals surface area contributed by atoms with Crippen LogP contribution in [0.5, 0.6) is 0 Å². The molecule has 2 aromatic carbocycles. The monoisotopic (exact) mass is 442 g/mol. The number of carbonyl (C=O) groups excluding carboxylic acids is 1. The Bertz CT molecular complexity index is 1010. The molecular formula is C25H34N2O3S. The molecule has 0 saturated carbocycles. The lowest BCUT2D eigenvalue weighted by atomic mass is 9.98. The molecule has 5 nitrogen and oxygen atoms in total. The highest BCUT2D eigenvalue weighted by atomic mass is 32.2. The Balaban J connectivity index is 1.70. The van der Waals surface area contributed by atoms with E-state index >= 15 is 0 Å². The van der Waals surface area contributed by atoms with E-state index < -0.39 is 10.0 Å². The molecule has 1 heterocycles. The third-order valence-corrected chi connectivity index (χ3v) is 8.17. The van der Waals surface area contributed by atoms with Crippen LogP contribution in [-0.4, -0.2) is 31.7 Å². The minimum atomic E-state index is -3.64. The molecule has 0 spiro atoms. The second-order valence-electron chi connectivity index (χ2n) is 8.72. The summed E-state index contributed by atoms with van der Waals surface area (Å²) in [6.45, 7) is 8.48. The van der Waals surface area contributed by atoms with Crippen molar-refractivity contribution in [1.29, 1.82) is 0 Å². The maximum atomic E-state index is 13.4. The number of carbonyl (C=O) groups is 1. The summed E-state index contributed by atoms with van der Waals surface area (Å²) in [6, 6.07) is 11.8. The molecule has 1 saturated heterocycles. The highest BCUT2D eigenvalue weighted by Crippen LogP contribution is 2.29. The summed E-state index contributed by atoms with van der Waals surface area (Å²) in [6.07, 6.45) is 4.72. The Morgan fingerprint density at radius 3 is 2.35 bits per heavy atom. The predicted octanol–water partition coefficient (Wildman–Crippen LogP) is 4.99. The Hall–Kier alpha value is -2.18. The van der Waals surface area contributed by atoms with Crippen LogP contribution >= 0.6 is 0 Å². The van der Waals surface area contributed by atoms with Crippen molar-refractivity contribution >= 4 is 21.6 Å². The van der Waals surface area contributed by atoms with Gasteiger partial charge in [-0.1, -0.05) is 43.2 Å². The lowest BCUT2D eigenvalue weighted by Crippen LogP contribution is -2.44. The summed E-state index contributed by atoms with van der Waals surface area (Å²) in [4.78, 5) is 13.3. The van der Waals surface area contributed by atoms with Crippen LogP contribution in [-0.2, 0) is 21.2 Å². The number of sulfonamides is 1. The average molecular weight is 443 g/mol. The molecule has 1 atom stereocenters. The molecular weight excluding hydrogens is 408 g/mol. The van der Waals surface area contributed by atoms with Gasteiger partial charge >= 0.3 is 0 Å². The largest absolute Gasteiger partial charge is 0.326 e. The van der Waals surface area contributed by atoms with Gasteiger partial charge in [0.25, 0.3) is 0 Å². The standard InChI is InChI=1S/C25H34N2O3S/c1-5-6-8-21-10-12-23(13-11-21)26-25(28)22-9-7-14-27(17-22)31(29,30)24-19(3)15-18(2)16-20(24)4/h10-13,15-16,22H,5-9,14,17H2,1-4H3,(H,26,28). The van der Waals surface area contributed by atoms with Gasteiger partial charge in [0.2, 0.25) is 15.9 Å². The molecule has 0 aliphatic carbocycles. The number of rotatable bonds is 7. The molecule has 168 valence electrons. The molecule has 1 unspecified atom stereocenters. The van der Waals surface area contributed by atoms with Crippen molar-refractivity contribution in [2.24, 2.45) is 5.92 Å². The summed E-state index contributed by atoms with van der Waals surface area (Å²) in [5, 5.41) is 2.98. The lowest BCUT2D eigenvalue weighted by Gasteiger charge is -2.32. The van der Waals surface area contributed by atoms with E-state index in [4.69, 9.17) is 0 Å². The topological polar surface area (TPSA) is 66.5 Å². The summed E-state index contributed by atoms with van der Waals surface area (Å²) < 4.78 is 28.3. The van der Waals surface area contributed by atoms with Gasteiger partial charge in [-0.25, -0.2) is 8.42 Å². The number of benzene rings is 2. The van der Waals surface area contributed by atoms with Crippen molar-refractivity contribution in [2.75, 3.05) is 18.4 Å². The van der Waals surface area contributed by atoms with Crippen LogP contribution in [0.4, 0.5) is 5.69 Å². The van der Waals surface area contributed by atoms with Gasteiger partial charge in [0.15, 0.2) is 0 Å². The van der Waals surface area contributed by atoms with Crippen LogP contribution in [0.15, 0.2) is 41.3 Å². The van der Waals surface area contributed by atoms with Crippen molar-refractivity contribution in [1.82, 2.24) is 4.31 Å². The zero-order valence-corrected chi connectivity index (χ0v) is 19.9. The highest BCUT2D eigenvalue weighted by Gasteiger charge is 2.34. The zero-order valence-electron chi connectivity index (χ0n) is 19.1. The molecule has 1 N–H and O–H groups in total. The van der Waals surface area contributed by atoms with Crippen molar-refractivity contribution in [2.45, 2.75) is 64.7 Å². The first-order valence-corrected chi connectivity index (χ1v) is 12.6. The van der Waals surface area contributed by atoms with Crippen LogP contribution in [0, 0.1) is 26.7 Å². The third kappa shape index (κ3) is 5.55. The van der Waals surface area contributed by atoms with Crippen molar-refractivity contribution in [3.63, 3.8) is 0 Å². The van der Waals surface area contributed by atoms with E-state index in [9.17, 15) is 13.2 Å². The second-order valence-corrected chi connectivity index (χ2v) is 10.6. The Labute approximate surface area is 186 Å². The van der Waals surface area contributed by atoms with Gasteiger partial charge in [0.05, 0.1) is 10.8 Å². The molecule has 2 aromatic rings. The van der Waals surface area contributed by atoms with E-state index in [0.717, 1.165) is 41.6 Å². The number of nitrogens with zero attached hydrogens (tertiary/aromatic N) is 1. The summed E-state index contributed by atoms with van der Waals surface area (Å²) in [5.74, 6) is -0.465. The number of unbranched alkanes of at least 4 members (excludes halogenated alkanes) is 1. The number of piperidine rings is 1. The SMILES string of the molecule is CCCCc1ccc(NC(=O)C2CCCN(S(=O)(=O)c3c(C)cc(C)cc3C)C2)cc1. The number of hydrogen-bond donors (Lipinski definition) is 1. The van der Waals surface area contributed by atoms with Gasteiger partial charge < -0.3 is 5.32 Å². The van der Waals surface area contributed by atoms with Gasteiger partial charge in [-0.2, -0.15) is 4.31 Å². The van der Waals surface area contributed by atoms with Crippen molar-refractivity contribution in [3.05, 3.63) is 58.7 Å². The van der Waals surface area contributed by atoms with E-state index in [2.05, 4.69) is 12.2 Å². The van der Waals surface area contributed by atoms with E-state index in [1.165, 1.54) is 9.87 Å². The molecule has 1 fully saturated rings. The second kappa shape index (κ2) is 9.96. The summed E-state index contributed by atoms with van der Waals surface area (Å²) in [7, 11) is -3.64. The molecule has 6 heteroatoms. The van der Waals surface area contributed by atoms with Gasteiger partial charge in [0, 0.05) is 18.8 Å². The average Bonchev–Trinajstić information content (AvgIpc) is 2.72. The van der Waals surface area contributed by atoms with E-state index in [-0.39, 0.29) is 18.4 Å². The lowest BCUT2D eigenvalue weighted by molar-refractivity contribution is -0.120. The first-order valence-electron chi connectivity index (χ1n) is 11.2. The van der Waals surface area contributed by atoms with Gasteiger partial charge in [-0.05, 0) is 75.3 Å². The Kier molecular flexibility index (Phi) is 7.55. The van der Waals surface area contributed by atoms with Crippen LogP contribution in [0.2, 0.25) is 0 Å². The van der Waals surface area contributed by atoms with E-state index in [0.29, 0.717) is 24.3 Å². The summed E-state index contributed by atoms with van der Waals surface area (Å²) in [5.41, 5.74) is 4.58. The maximum Gasteiger partial charge on any atom is 0.243 e. The van der Waals surface area contributed by atoms with Crippen molar-refractivity contribution in [3.8, 4) is 0 Å². The number of anilines is 1. The molecule has 0 aromatic heterocycles. The fraction of sp³-hybridized carbons (Fsp3) is 0.480. The quantitative estimate of drug-likeness (QED) is 0.657. The first kappa shape index (κ1) is 23.5. The number of hydrogen-bond acceptors (Lipinski definition) is 3. The van der Waals surface area contributed by atoms with Crippen LogP contribution in [0.25, 0.3) is 0 Å². The number of nitrogens with one attached hydrogen (secondary N) is 1. The van der Waals surface area contributed by atoms with Gasteiger partial charge in [0.1, 0.15) is 0 Å². The molecule has 1 amide bonds. The third-order valence-electron chi connectivity index (χ3n) is 6.00. The van der Waals surface area contributed by atoms with Crippen LogP contribution in [0.1, 0.15) is 54.9 Å². The minimum Gasteiger partial charge on any atom is -0.326 e. The fourth-order valence-corrected chi connectivity index (χ4v) is 6.39. The Morgan fingerprint density at radius 2 is 1.74 bits per heavy atom. The molecule has 3 rings (SSSR count).